The van der Waals surface area contributed by atoms with Crippen LogP contribution in [0.2, 0.25) is 0 Å². The molecule has 0 spiro atoms. The SMILES string of the molecule is CC(O)c1nc2cc(N)ccc2n1CCc1nncn1C. The lowest BCUT2D eigenvalue weighted by Gasteiger charge is -2.10. The highest BCUT2D eigenvalue weighted by atomic mass is 16.3. The molecule has 0 saturated heterocycles. The van der Waals surface area contributed by atoms with Crippen LogP contribution in [0.15, 0.2) is 24.5 Å². The number of nitrogens with zero attached hydrogens (tertiary/aromatic N) is 5. The number of aryl methyl sites for hydroxylation is 3. The van der Waals surface area contributed by atoms with E-state index in [9.17, 15) is 5.11 Å². The summed E-state index contributed by atoms with van der Waals surface area (Å²) in [6, 6.07) is 5.59. The summed E-state index contributed by atoms with van der Waals surface area (Å²) >= 11 is 0. The highest BCUT2D eigenvalue weighted by molar-refractivity contribution is 5.79. The lowest BCUT2D eigenvalue weighted by molar-refractivity contribution is 0.184. The van der Waals surface area contributed by atoms with Gasteiger partial charge in [-0.2, -0.15) is 0 Å². The average molecular weight is 286 g/mol. The fourth-order valence-corrected chi connectivity index (χ4v) is 2.46. The number of aliphatic hydroxyl groups excluding tert-OH is 1. The van der Waals surface area contributed by atoms with Crippen LogP contribution < -0.4 is 5.73 Å². The molecule has 0 saturated carbocycles. The van der Waals surface area contributed by atoms with Gasteiger partial charge in [-0.15, -0.1) is 10.2 Å². The predicted octanol–water partition coefficient (Wildman–Crippen LogP) is 1.04. The van der Waals surface area contributed by atoms with Crippen molar-refractivity contribution in [2.75, 3.05) is 5.73 Å². The van der Waals surface area contributed by atoms with Crippen molar-refractivity contribution in [1.29, 1.82) is 0 Å². The Kier molecular flexibility index (Phi) is 3.34. The van der Waals surface area contributed by atoms with Gasteiger partial charge in [0, 0.05) is 25.7 Å². The summed E-state index contributed by atoms with van der Waals surface area (Å²) in [5.41, 5.74) is 8.22. The van der Waals surface area contributed by atoms with Gasteiger partial charge in [-0.25, -0.2) is 4.98 Å². The van der Waals surface area contributed by atoms with Crippen molar-refractivity contribution in [3.63, 3.8) is 0 Å². The van der Waals surface area contributed by atoms with Gasteiger partial charge in [0.25, 0.3) is 0 Å². The van der Waals surface area contributed by atoms with Gasteiger partial charge in [0.15, 0.2) is 0 Å². The molecule has 3 aromatic rings. The van der Waals surface area contributed by atoms with Gasteiger partial charge in [-0.1, -0.05) is 0 Å². The van der Waals surface area contributed by atoms with Crippen LogP contribution in [0.25, 0.3) is 11.0 Å². The monoisotopic (exact) mass is 286 g/mol. The first-order valence-electron chi connectivity index (χ1n) is 6.83. The maximum atomic E-state index is 9.94. The van der Waals surface area contributed by atoms with Crippen LogP contribution in [0.4, 0.5) is 5.69 Å². The third-order valence-corrected chi connectivity index (χ3v) is 3.54. The van der Waals surface area contributed by atoms with Crippen LogP contribution in [-0.4, -0.2) is 29.4 Å². The molecule has 1 atom stereocenters. The summed E-state index contributed by atoms with van der Waals surface area (Å²) < 4.78 is 3.90. The van der Waals surface area contributed by atoms with Crippen LogP contribution in [0, 0.1) is 0 Å². The van der Waals surface area contributed by atoms with Gasteiger partial charge < -0.3 is 20.0 Å². The van der Waals surface area contributed by atoms with E-state index in [-0.39, 0.29) is 0 Å². The first kappa shape index (κ1) is 13.6. The van der Waals surface area contributed by atoms with Crippen molar-refractivity contribution < 1.29 is 5.11 Å². The summed E-state index contributed by atoms with van der Waals surface area (Å²) in [5, 5.41) is 17.9. The Bertz CT molecular complexity index is 773. The Balaban J connectivity index is 1.99. The van der Waals surface area contributed by atoms with Crippen LogP contribution >= 0.6 is 0 Å². The van der Waals surface area contributed by atoms with Gasteiger partial charge >= 0.3 is 0 Å². The normalized spacial score (nSPS) is 12.9. The molecule has 0 fully saturated rings. The minimum atomic E-state index is -0.641. The second-order valence-corrected chi connectivity index (χ2v) is 5.15. The number of imidazole rings is 1. The summed E-state index contributed by atoms with van der Waals surface area (Å²) in [5.74, 6) is 1.53. The quantitative estimate of drug-likeness (QED) is 0.699. The summed E-state index contributed by atoms with van der Waals surface area (Å²) in [6.45, 7) is 2.39. The smallest absolute Gasteiger partial charge is 0.138 e. The number of nitrogen functional groups attached to an aromatic ring is 1. The Hall–Kier alpha value is -2.41. The molecule has 3 N–H and O–H groups in total. The van der Waals surface area contributed by atoms with Crippen molar-refractivity contribution in [3.05, 3.63) is 36.2 Å². The van der Waals surface area contributed by atoms with Gasteiger partial charge in [0.2, 0.25) is 0 Å². The minimum Gasteiger partial charge on any atom is -0.399 e. The van der Waals surface area contributed by atoms with E-state index < -0.39 is 6.10 Å². The zero-order chi connectivity index (χ0) is 15.0. The van der Waals surface area contributed by atoms with E-state index in [2.05, 4.69) is 15.2 Å². The molecule has 3 rings (SSSR count). The number of benzene rings is 1. The third-order valence-electron chi connectivity index (χ3n) is 3.54. The molecule has 1 aromatic carbocycles. The maximum absolute atomic E-state index is 9.94. The summed E-state index contributed by atoms with van der Waals surface area (Å²) in [4.78, 5) is 4.49. The average Bonchev–Trinajstić information content (AvgIpc) is 2.99. The van der Waals surface area contributed by atoms with E-state index in [1.165, 1.54) is 0 Å². The topological polar surface area (TPSA) is 94.8 Å². The summed E-state index contributed by atoms with van der Waals surface area (Å²) in [7, 11) is 1.91. The van der Waals surface area contributed by atoms with Gasteiger partial charge in [0.05, 0.1) is 11.0 Å². The molecule has 0 radical (unpaired) electrons. The molecule has 2 heterocycles. The molecule has 7 heteroatoms. The Morgan fingerprint density at radius 1 is 1.38 bits per heavy atom. The van der Waals surface area contributed by atoms with E-state index in [1.54, 1.807) is 13.3 Å². The highest BCUT2D eigenvalue weighted by Gasteiger charge is 2.15. The van der Waals surface area contributed by atoms with Crippen LogP contribution in [0.5, 0.6) is 0 Å². The van der Waals surface area contributed by atoms with Gasteiger partial charge in [-0.05, 0) is 25.1 Å². The van der Waals surface area contributed by atoms with Crippen molar-refractivity contribution in [2.24, 2.45) is 7.05 Å². The standard InChI is InChI=1S/C14H18N6O/c1-9(21)14-17-11-7-10(15)3-4-12(11)20(14)6-5-13-18-16-8-19(13)2/h3-4,7-9,21H,5-6,15H2,1-2H3. The number of hydrogen-bond donors (Lipinski definition) is 2. The van der Waals surface area contributed by atoms with Gasteiger partial charge in [-0.3, -0.25) is 0 Å². The molecule has 21 heavy (non-hydrogen) atoms. The fourth-order valence-electron chi connectivity index (χ4n) is 2.46. The fraction of sp³-hybridized carbons (Fsp3) is 0.357. The molecule has 0 aliphatic carbocycles. The zero-order valence-electron chi connectivity index (χ0n) is 12.1. The first-order valence-corrected chi connectivity index (χ1v) is 6.83. The molecular weight excluding hydrogens is 268 g/mol. The molecule has 0 amide bonds. The van der Waals surface area contributed by atoms with Crippen LogP contribution in [-0.2, 0) is 20.0 Å². The Morgan fingerprint density at radius 3 is 2.86 bits per heavy atom. The molecule has 0 bridgehead atoms. The lowest BCUT2D eigenvalue weighted by Crippen LogP contribution is -2.10. The number of rotatable bonds is 4. The Morgan fingerprint density at radius 2 is 2.19 bits per heavy atom. The molecule has 110 valence electrons. The number of aromatic nitrogens is 5. The molecule has 0 aliphatic rings. The van der Waals surface area contributed by atoms with Crippen molar-refractivity contribution in [1.82, 2.24) is 24.3 Å². The number of nitrogens with two attached hydrogens (primary N) is 1. The van der Waals surface area contributed by atoms with E-state index >= 15 is 0 Å². The predicted molar refractivity (Wildman–Crippen MR) is 79.5 cm³/mol. The second kappa shape index (κ2) is 5.17. The van der Waals surface area contributed by atoms with Crippen LogP contribution in [0.1, 0.15) is 24.7 Å². The van der Waals surface area contributed by atoms with Crippen LogP contribution in [0.3, 0.4) is 0 Å². The third kappa shape index (κ3) is 2.47. The van der Waals surface area contributed by atoms with E-state index in [0.29, 0.717) is 24.5 Å². The van der Waals surface area contributed by atoms with Crippen molar-refractivity contribution in [2.45, 2.75) is 26.0 Å². The van der Waals surface area contributed by atoms with Gasteiger partial charge in [0.1, 0.15) is 24.1 Å². The van der Waals surface area contributed by atoms with E-state index in [0.717, 1.165) is 16.9 Å². The minimum absolute atomic E-state index is 0.637. The lowest BCUT2D eigenvalue weighted by atomic mass is 10.2. The molecule has 1 unspecified atom stereocenters. The van der Waals surface area contributed by atoms with E-state index in [1.807, 2.05) is 34.4 Å². The molecule has 7 nitrogen and oxygen atoms in total. The number of fused-ring (bicyclic) bond motifs is 1. The highest BCUT2D eigenvalue weighted by Crippen LogP contribution is 2.23. The number of hydrogen-bond acceptors (Lipinski definition) is 5. The molecule has 2 aromatic heterocycles. The van der Waals surface area contributed by atoms with E-state index in [4.69, 9.17) is 5.73 Å². The second-order valence-electron chi connectivity index (χ2n) is 5.15. The number of aliphatic hydroxyl groups is 1. The number of anilines is 1. The van der Waals surface area contributed by atoms with Crippen molar-refractivity contribution >= 4 is 16.7 Å². The van der Waals surface area contributed by atoms with Crippen molar-refractivity contribution in [3.8, 4) is 0 Å². The molecular formula is C14H18N6O. The summed E-state index contributed by atoms with van der Waals surface area (Å²) in [6.07, 6.45) is 1.75. The first-order chi connectivity index (χ1) is 10.1. The Labute approximate surface area is 122 Å². The molecule has 0 aliphatic heterocycles. The maximum Gasteiger partial charge on any atom is 0.138 e. The zero-order valence-corrected chi connectivity index (χ0v) is 12.1. The largest absolute Gasteiger partial charge is 0.399 e.